The van der Waals surface area contributed by atoms with Gasteiger partial charge < -0.3 is 10.2 Å². The molecule has 0 heterocycles. The van der Waals surface area contributed by atoms with Gasteiger partial charge >= 0.3 is 0 Å². The van der Waals surface area contributed by atoms with E-state index in [1.807, 2.05) is 0 Å². The van der Waals surface area contributed by atoms with Crippen molar-refractivity contribution in [2.24, 2.45) is 23.7 Å². The predicted octanol–water partition coefficient (Wildman–Crippen LogP) is 0.160. The van der Waals surface area contributed by atoms with Gasteiger partial charge in [0.25, 0.3) is 0 Å². The zero-order chi connectivity index (χ0) is 7.59. The highest BCUT2D eigenvalue weighted by atomic mass is 16.3. The Morgan fingerprint density at radius 1 is 0.909 bits per heavy atom. The quantitative estimate of drug-likeness (QED) is 0.485. The Morgan fingerprint density at radius 2 is 1.36 bits per heavy atom. The first-order valence-electron chi connectivity index (χ1n) is 4.33. The van der Waals surface area contributed by atoms with Crippen LogP contribution in [-0.2, 0) is 0 Å². The summed E-state index contributed by atoms with van der Waals surface area (Å²) in [6, 6.07) is 0. The van der Waals surface area contributed by atoms with E-state index in [2.05, 4.69) is 12.2 Å². The van der Waals surface area contributed by atoms with Crippen LogP contribution in [0.25, 0.3) is 0 Å². The summed E-state index contributed by atoms with van der Waals surface area (Å²) < 4.78 is 0. The first-order chi connectivity index (χ1) is 5.29. The molecule has 0 amide bonds. The molecule has 0 spiro atoms. The standard InChI is InChI=1S/C9H12O2/c10-8-6-4-1-2-5(3-4)7(6)9(8)11/h1-2,4-11H,3H2. The van der Waals surface area contributed by atoms with Crippen LogP contribution in [0.5, 0.6) is 0 Å². The van der Waals surface area contributed by atoms with Crippen molar-refractivity contribution < 1.29 is 10.2 Å². The molecule has 0 aliphatic heterocycles. The molecule has 3 rings (SSSR count). The molecule has 2 fully saturated rings. The zero-order valence-electron chi connectivity index (χ0n) is 6.22. The van der Waals surface area contributed by atoms with Gasteiger partial charge in [0.15, 0.2) is 0 Å². The number of aliphatic hydroxyl groups excluding tert-OH is 2. The molecule has 3 aliphatic rings. The highest BCUT2D eigenvalue weighted by molar-refractivity contribution is 5.21. The van der Waals surface area contributed by atoms with Gasteiger partial charge in [0, 0.05) is 0 Å². The topological polar surface area (TPSA) is 40.5 Å². The van der Waals surface area contributed by atoms with E-state index < -0.39 is 12.2 Å². The summed E-state index contributed by atoms with van der Waals surface area (Å²) in [5, 5.41) is 18.8. The maximum atomic E-state index is 9.42. The normalized spacial score (nSPS) is 64.5. The summed E-state index contributed by atoms with van der Waals surface area (Å²) in [6.07, 6.45) is 4.73. The van der Waals surface area contributed by atoms with Gasteiger partial charge in [-0.15, -0.1) is 0 Å². The minimum Gasteiger partial charge on any atom is -0.390 e. The molecule has 2 N–H and O–H groups in total. The fraction of sp³-hybridized carbons (Fsp3) is 0.778. The van der Waals surface area contributed by atoms with Crippen molar-refractivity contribution in [3.05, 3.63) is 12.2 Å². The Kier molecular flexibility index (Phi) is 0.958. The Bertz CT molecular complexity index is 202. The number of rotatable bonds is 0. The molecule has 2 bridgehead atoms. The van der Waals surface area contributed by atoms with E-state index in [0.717, 1.165) is 0 Å². The molecule has 0 saturated heterocycles. The molecule has 6 atom stereocenters. The number of aliphatic hydroxyl groups is 2. The summed E-state index contributed by atoms with van der Waals surface area (Å²) in [7, 11) is 0. The van der Waals surface area contributed by atoms with Crippen molar-refractivity contribution in [3.8, 4) is 0 Å². The average Bonchev–Trinajstić information content (AvgIpc) is 2.58. The van der Waals surface area contributed by atoms with Crippen molar-refractivity contribution in [2.45, 2.75) is 18.6 Å². The van der Waals surface area contributed by atoms with Crippen LogP contribution in [0, 0.1) is 23.7 Å². The largest absolute Gasteiger partial charge is 0.390 e. The fourth-order valence-electron chi connectivity index (χ4n) is 3.17. The second-order valence-electron chi connectivity index (χ2n) is 4.08. The lowest BCUT2D eigenvalue weighted by Gasteiger charge is -2.47. The van der Waals surface area contributed by atoms with Crippen molar-refractivity contribution in [1.82, 2.24) is 0 Å². The van der Waals surface area contributed by atoms with E-state index in [1.54, 1.807) is 0 Å². The van der Waals surface area contributed by atoms with E-state index in [0.29, 0.717) is 23.7 Å². The second-order valence-corrected chi connectivity index (χ2v) is 4.08. The maximum absolute atomic E-state index is 9.42. The van der Waals surface area contributed by atoms with E-state index in [1.165, 1.54) is 6.42 Å². The van der Waals surface area contributed by atoms with Gasteiger partial charge in [-0.25, -0.2) is 0 Å². The third kappa shape index (κ3) is 0.531. The van der Waals surface area contributed by atoms with E-state index >= 15 is 0 Å². The molecule has 0 aromatic rings. The van der Waals surface area contributed by atoms with Crippen LogP contribution >= 0.6 is 0 Å². The average molecular weight is 152 g/mol. The highest BCUT2D eigenvalue weighted by Crippen LogP contribution is 2.57. The Balaban J connectivity index is 1.96. The van der Waals surface area contributed by atoms with Crippen LogP contribution in [0.1, 0.15) is 6.42 Å². The molecule has 0 aromatic carbocycles. The van der Waals surface area contributed by atoms with Gasteiger partial charge in [0.1, 0.15) is 0 Å². The maximum Gasteiger partial charge on any atom is 0.0839 e. The number of hydrogen-bond donors (Lipinski definition) is 2. The lowest BCUT2D eigenvalue weighted by molar-refractivity contribution is -0.157. The number of hydrogen-bond acceptors (Lipinski definition) is 2. The molecule has 11 heavy (non-hydrogen) atoms. The molecule has 2 nitrogen and oxygen atoms in total. The molecular weight excluding hydrogens is 140 g/mol. The van der Waals surface area contributed by atoms with Gasteiger partial charge in [0.05, 0.1) is 12.2 Å². The monoisotopic (exact) mass is 152 g/mol. The first kappa shape index (κ1) is 6.21. The van der Waals surface area contributed by atoms with Crippen LogP contribution in [0.3, 0.4) is 0 Å². The van der Waals surface area contributed by atoms with Crippen LogP contribution in [0.2, 0.25) is 0 Å². The molecule has 2 saturated carbocycles. The highest BCUT2D eigenvalue weighted by Gasteiger charge is 2.60. The first-order valence-corrected chi connectivity index (χ1v) is 4.33. The zero-order valence-corrected chi connectivity index (χ0v) is 6.22. The van der Waals surface area contributed by atoms with Crippen molar-refractivity contribution in [1.29, 1.82) is 0 Å². The van der Waals surface area contributed by atoms with Crippen molar-refractivity contribution in [3.63, 3.8) is 0 Å². The Morgan fingerprint density at radius 3 is 1.82 bits per heavy atom. The lowest BCUT2D eigenvalue weighted by atomic mass is 9.63. The van der Waals surface area contributed by atoms with Crippen LogP contribution in [0.15, 0.2) is 12.2 Å². The van der Waals surface area contributed by atoms with E-state index in [9.17, 15) is 10.2 Å². The summed E-state index contributed by atoms with van der Waals surface area (Å²) in [5.74, 6) is 1.92. The van der Waals surface area contributed by atoms with Crippen LogP contribution in [0.4, 0.5) is 0 Å². The third-order valence-electron chi connectivity index (χ3n) is 3.72. The summed E-state index contributed by atoms with van der Waals surface area (Å²) >= 11 is 0. The van der Waals surface area contributed by atoms with E-state index in [-0.39, 0.29) is 0 Å². The molecule has 0 aromatic heterocycles. The molecule has 2 heteroatoms. The van der Waals surface area contributed by atoms with Gasteiger partial charge in [-0.3, -0.25) is 0 Å². The summed E-state index contributed by atoms with van der Waals surface area (Å²) in [4.78, 5) is 0. The summed E-state index contributed by atoms with van der Waals surface area (Å²) in [6.45, 7) is 0. The molecule has 0 radical (unpaired) electrons. The van der Waals surface area contributed by atoms with E-state index in [4.69, 9.17) is 0 Å². The smallest absolute Gasteiger partial charge is 0.0839 e. The minimum absolute atomic E-state index is 0.389. The SMILES string of the molecule is OC1C(O)C2C3C=CC(C3)C12. The molecule has 3 aliphatic carbocycles. The van der Waals surface area contributed by atoms with Crippen LogP contribution in [-0.4, -0.2) is 22.4 Å². The van der Waals surface area contributed by atoms with Gasteiger partial charge in [-0.05, 0) is 30.1 Å². The lowest BCUT2D eigenvalue weighted by Crippen LogP contribution is -2.57. The van der Waals surface area contributed by atoms with Gasteiger partial charge in [-0.1, -0.05) is 12.2 Å². The van der Waals surface area contributed by atoms with Gasteiger partial charge in [0.2, 0.25) is 0 Å². The fourth-order valence-corrected chi connectivity index (χ4v) is 3.17. The van der Waals surface area contributed by atoms with Gasteiger partial charge in [-0.2, -0.15) is 0 Å². The Labute approximate surface area is 65.5 Å². The molecule has 6 unspecified atom stereocenters. The number of fused-ring (bicyclic) bond motifs is 5. The Hall–Kier alpha value is -0.340. The van der Waals surface area contributed by atoms with Crippen LogP contribution < -0.4 is 0 Å². The molecular formula is C9H12O2. The predicted molar refractivity (Wildman–Crippen MR) is 39.7 cm³/mol. The second kappa shape index (κ2) is 1.70. The molecule has 60 valence electrons. The minimum atomic E-state index is -0.431. The number of allylic oxidation sites excluding steroid dienone is 2. The van der Waals surface area contributed by atoms with Crippen molar-refractivity contribution in [2.75, 3.05) is 0 Å². The summed E-state index contributed by atoms with van der Waals surface area (Å²) in [5.41, 5.74) is 0. The van der Waals surface area contributed by atoms with Crippen molar-refractivity contribution >= 4 is 0 Å². The third-order valence-corrected chi connectivity index (χ3v) is 3.72.